The highest BCUT2D eigenvalue weighted by molar-refractivity contribution is 8.03. The first-order valence-electron chi connectivity index (χ1n) is 10.5. The Labute approximate surface area is 184 Å². The monoisotopic (exact) mass is 417 g/mol. The van der Waals surface area contributed by atoms with Crippen molar-refractivity contribution in [2.24, 2.45) is 0 Å². The van der Waals surface area contributed by atoms with E-state index in [1.807, 2.05) is 11.8 Å². The van der Waals surface area contributed by atoms with Crippen LogP contribution in [-0.4, -0.2) is 39.2 Å². The largest absolute Gasteiger partial charge is 0.338 e. The minimum absolute atomic E-state index is 1.00. The third-order valence-electron chi connectivity index (χ3n) is 5.47. The molecule has 0 saturated carbocycles. The minimum atomic E-state index is 1.00. The lowest BCUT2D eigenvalue weighted by molar-refractivity contribution is -0.873. The van der Waals surface area contributed by atoms with Crippen LogP contribution in [0.4, 0.5) is 5.69 Å². The molecule has 2 heterocycles. The SMILES string of the molecule is CN1/C(=C\C=C\c2cc[n+](CCC[N+](C)(C)C)c3ccccc23)Sc2ccccc21. The molecule has 3 aromatic rings. The Balaban J connectivity index is 1.55. The Morgan fingerprint density at radius 2 is 1.77 bits per heavy atom. The van der Waals surface area contributed by atoms with Crippen molar-refractivity contribution in [3.63, 3.8) is 0 Å². The van der Waals surface area contributed by atoms with E-state index in [-0.39, 0.29) is 0 Å². The Kier molecular flexibility index (Phi) is 5.98. The van der Waals surface area contributed by atoms with Gasteiger partial charge in [-0.25, -0.2) is 0 Å². The zero-order chi connectivity index (χ0) is 21.1. The summed E-state index contributed by atoms with van der Waals surface area (Å²) in [6.45, 7) is 2.22. The van der Waals surface area contributed by atoms with E-state index >= 15 is 0 Å². The van der Waals surface area contributed by atoms with Crippen LogP contribution in [0.2, 0.25) is 0 Å². The molecule has 0 aliphatic carbocycles. The molecule has 0 unspecified atom stereocenters. The van der Waals surface area contributed by atoms with Crippen LogP contribution in [-0.2, 0) is 6.54 Å². The highest BCUT2D eigenvalue weighted by Crippen LogP contribution is 2.44. The average Bonchev–Trinajstić information content (AvgIpc) is 3.04. The lowest BCUT2D eigenvalue weighted by Crippen LogP contribution is -2.40. The van der Waals surface area contributed by atoms with Crippen LogP contribution < -0.4 is 9.47 Å². The van der Waals surface area contributed by atoms with Crippen LogP contribution in [0.3, 0.4) is 0 Å². The van der Waals surface area contributed by atoms with E-state index in [0.29, 0.717) is 0 Å². The van der Waals surface area contributed by atoms with Gasteiger partial charge in [0.1, 0.15) is 0 Å². The second kappa shape index (κ2) is 8.66. The molecule has 154 valence electrons. The number of rotatable bonds is 6. The third kappa shape index (κ3) is 4.61. The van der Waals surface area contributed by atoms with Crippen molar-refractivity contribution in [3.8, 4) is 0 Å². The van der Waals surface area contributed by atoms with Crippen LogP contribution >= 0.6 is 11.8 Å². The van der Waals surface area contributed by atoms with Crippen LogP contribution in [0.15, 0.2) is 82.9 Å². The molecule has 4 heteroatoms. The molecule has 4 rings (SSSR count). The number of para-hydroxylation sites is 2. The van der Waals surface area contributed by atoms with Crippen molar-refractivity contribution in [3.05, 3.63) is 83.5 Å². The zero-order valence-electron chi connectivity index (χ0n) is 18.4. The van der Waals surface area contributed by atoms with Gasteiger partial charge >= 0.3 is 0 Å². The topological polar surface area (TPSA) is 7.12 Å². The molecule has 0 atom stereocenters. The Hall–Kier alpha value is -2.56. The highest BCUT2D eigenvalue weighted by atomic mass is 32.2. The molecule has 3 nitrogen and oxygen atoms in total. The molecule has 1 aliphatic rings. The van der Waals surface area contributed by atoms with Crippen LogP contribution in [0.1, 0.15) is 12.0 Å². The number of nitrogens with zero attached hydrogens (tertiary/aromatic N) is 3. The third-order valence-corrected chi connectivity index (χ3v) is 6.66. The van der Waals surface area contributed by atoms with Gasteiger partial charge in [0, 0.05) is 24.1 Å². The van der Waals surface area contributed by atoms with Gasteiger partial charge in [0.15, 0.2) is 12.7 Å². The normalized spacial score (nSPS) is 15.5. The second-order valence-electron chi connectivity index (χ2n) is 8.84. The van der Waals surface area contributed by atoms with Gasteiger partial charge in [-0.1, -0.05) is 48.2 Å². The standard InChI is InChI=1S/C26H31N3S/c1-27-24-14-7-8-15-25(24)30-26(27)16-9-11-21-17-19-28(18-10-20-29(2,3)4)23-13-6-5-12-22(21)23/h5-9,11-17,19H,10,18,20H2,1-4H3/q+2. The maximum absolute atomic E-state index is 2.39. The van der Waals surface area contributed by atoms with E-state index in [0.717, 1.165) is 11.0 Å². The van der Waals surface area contributed by atoms with E-state index in [1.165, 1.54) is 45.0 Å². The molecule has 30 heavy (non-hydrogen) atoms. The number of hydrogen-bond acceptors (Lipinski definition) is 2. The fraction of sp³-hybridized carbons (Fsp3) is 0.269. The van der Waals surface area contributed by atoms with Gasteiger partial charge in [0.05, 0.1) is 50.2 Å². The average molecular weight is 418 g/mol. The number of allylic oxidation sites excluding steroid dienone is 2. The highest BCUT2D eigenvalue weighted by Gasteiger charge is 2.20. The molecule has 0 saturated heterocycles. The van der Waals surface area contributed by atoms with E-state index in [9.17, 15) is 0 Å². The maximum Gasteiger partial charge on any atom is 0.213 e. The minimum Gasteiger partial charge on any atom is -0.338 e. The predicted molar refractivity (Wildman–Crippen MR) is 129 cm³/mol. The van der Waals surface area contributed by atoms with Crippen LogP contribution in [0.5, 0.6) is 0 Å². The van der Waals surface area contributed by atoms with Crippen molar-refractivity contribution < 1.29 is 9.05 Å². The molecular weight excluding hydrogens is 386 g/mol. The Morgan fingerprint density at radius 3 is 2.57 bits per heavy atom. The second-order valence-corrected chi connectivity index (χ2v) is 9.90. The zero-order valence-corrected chi connectivity index (χ0v) is 19.2. The molecule has 0 fully saturated rings. The number of fused-ring (bicyclic) bond motifs is 2. The first-order chi connectivity index (χ1) is 14.4. The summed E-state index contributed by atoms with van der Waals surface area (Å²) in [5, 5.41) is 2.55. The summed E-state index contributed by atoms with van der Waals surface area (Å²) in [5.41, 5.74) is 3.84. The number of pyridine rings is 1. The van der Waals surface area contributed by atoms with E-state index < -0.39 is 0 Å². The van der Waals surface area contributed by atoms with Gasteiger partial charge < -0.3 is 9.38 Å². The van der Waals surface area contributed by atoms with E-state index in [4.69, 9.17) is 0 Å². The number of anilines is 1. The summed E-state index contributed by atoms with van der Waals surface area (Å²) < 4.78 is 3.39. The van der Waals surface area contributed by atoms with Gasteiger partial charge in [-0.15, -0.1) is 0 Å². The number of benzene rings is 2. The molecule has 0 radical (unpaired) electrons. The number of aryl methyl sites for hydroxylation is 1. The van der Waals surface area contributed by atoms with Gasteiger partial charge in [-0.2, -0.15) is 4.57 Å². The summed E-state index contributed by atoms with van der Waals surface area (Å²) in [6.07, 6.45) is 10.0. The molecule has 1 aliphatic heterocycles. The van der Waals surface area contributed by atoms with Gasteiger partial charge in [0.2, 0.25) is 5.52 Å². The van der Waals surface area contributed by atoms with E-state index in [1.54, 1.807) is 0 Å². The number of hydrogen-bond donors (Lipinski definition) is 0. The van der Waals surface area contributed by atoms with Crippen molar-refractivity contribution in [2.45, 2.75) is 17.9 Å². The Bertz CT molecular complexity index is 1110. The first kappa shape index (κ1) is 20.7. The molecule has 0 spiro atoms. The smallest absolute Gasteiger partial charge is 0.213 e. The molecular formula is C26H31N3S+2. The molecule has 0 N–H and O–H groups in total. The molecule has 0 bridgehead atoms. The lowest BCUT2D eigenvalue weighted by atomic mass is 10.1. The van der Waals surface area contributed by atoms with Gasteiger partial charge in [0.25, 0.3) is 0 Å². The van der Waals surface area contributed by atoms with Crippen LogP contribution in [0.25, 0.3) is 17.0 Å². The van der Waals surface area contributed by atoms with E-state index in [2.05, 4.69) is 117 Å². The van der Waals surface area contributed by atoms with Gasteiger partial charge in [-0.3, -0.25) is 0 Å². The predicted octanol–water partition coefficient (Wildman–Crippen LogP) is 5.32. The van der Waals surface area contributed by atoms with Crippen molar-refractivity contribution in [2.75, 3.05) is 39.6 Å². The number of aromatic nitrogens is 1. The van der Waals surface area contributed by atoms with Crippen LogP contribution in [0, 0.1) is 0 Å². The molecule has 1 aromatic heterocycles. The summed E-state index contributed by atoms with van der Waals surface area (Å²) in [4.78, 5) is 3.58. The number of thioether (sulfide) groups is 1. The molecule has 2 aromatic carbocycles. The summed E-state index contributed by atoms with van der Waals surface area (Å²) >= 11 is 1.83. The molecule has 0 amide bonds. The first-order valence-corrected chi connectivity index (χ1v) is 11.3. The fourth-order valence-electron chi connectivity index (χ4n) is 3.86. The van der Waals surface area contributed by atoms with Crippen molar-refractivity contribution in [1.82, 2.24) is 0 Å². The summed E-state index contributed by atoms with van der Waals surface area (Å²) in [6, 6.07) is 19.5. The Morgan fingerprint density at radius 1 is 1.00 bits per heavy atom. The van der Waals surface area contributed by atoms with Crippen molar-refractivity contribution in [1.29, 1.82) is 0 Å². The maximum atomic E-state index is 2.39. The van der Waals surface area contributed by atoms with Gasteiger partial charge in [-0.05, 0) is 29.8 Å². The summed E-state index contributed by atoms with van der Waals surface area (Å²) in [5.74, 6) is 0. The quantitative estimate of drug-likeness (QED) is 0.396. The lowest BCUT2D eigenvalue weighted by Gasteiger charge is -2.22. The number of quaternary nitrogens is 1. The fourth-order valence-corrected chi connectivity index (χ4v) is 4.93. The van der Waals surface area contributed by atoms with Crippen molar-refractivity contribution >= 4 is 34.4 Å². The summed E-state index contributed by atoms with van der Waals surface area (Å²) in [7, 11) is 8.90.